The summed E-state index contributed by atoms with van der Waals surface area (Å²) in [6.45, 7) is 0.681. The van der Waals surface area contributed by atoms with E-state index in [1.807, 2.05) is 11.8 Å². The Hall–Kier alpha value is -0.420. The van der Waals surface area contributed by atoms with E-state index in [-0.39, 0.29) is 5.96 Å². The quantitative estimate of drug-likeness (QED) is 0.246. The van der Waals surface area contributed by atoms with Crippen LogP contribution in [0.3, 0.4) is 0 Å². The van der Waals surface area contributed by atoms with E-state index in [1.54, 1.807) is 5.48 Å². The molecule has 0 aromatic rings. The zero-order valence-electron chi connectivity index (χ0n) is 6.71. The van der Waals surface area contributed by atoms with Crippen LogP contribution in [0, 0.1) is 0 Å². The molecule has 4 nitrogen and oxygen atoms in total. The molecule has 5 heteroatoms. The Labute approximate surface area is 71.2 Å². The Bertz CT molecular complexity index is 118. The minimum absolute atomic E-state index is 0.0918. The average Bonchev–Trinajstić information content (AvgIpc) is 2.04. The first-order valence-electron chi connectivity index (χ1n) is 3.50. The SMILES string of the molecule is CSCCCCN=C(N)NO. The second-order valence-electron chi connectivity index (χ2n) is 2.08. The molecule has 0 aliphatic heterocycles. The van der Waals surface area contributed by atoms with Gasteiger partial charge in [0.2, 0.25) is 5.96 Å². The number of nitrogens with one attached hydrogen (secondary N) is 1. The molecule has 0 fully saturated rings. The third-order valence-corrected chi connectivity index (χ3v) is 1.85. The van der Waals surface area contributed by atoms with Gasteiger partial charge in [-0.1, -0.05) is 0 Å². The normalized spacial score (nSPS) is 11.6. The van der Waals surface area contributed by atoms with Gasteiger partial charge in [0.15, 0.2) is 0 Å². The van der Waals surface area contributed by atoms with E-state index < -0.39 is 0 Å². The van der Waals surface area contributed by atoms with E-state index in [1.165, 1.54) is 0 Å². The molecule has 4 N–H and O–H groups in total. The Morgan fingerprint density at radius 3 is 2.91 bits per heavy atom. The molecule has 0 atom stereocenters. The summed E-state index contributed by atoms with van der Waals surface area (Å²) in [6.07, 6.45) is 4.24. The van der Waals surface area contributed by atoms with E-state index in [4.69, 9.17) is 10.9 Å². The zero-order chi connectivity index (χ0) is 8.53. The van der Waals surface area contributed by atoms with E-state index in [0.717, 1.165) is 18.6 Å². The Balaban J connectivity index is 3.12. The average molecular weight is 177 g/mol. The molecule has 0 spiro atoms. The fourth-order valence-corrected chi connectivity index (χ4v) is 1.09. The van der Waals surface area contributed by atoms with E-state index in [2.05, 4.69) is 11.2 Å². The highest BCUT2D eigenvalue weighted by molar-refractivity contribution is 7.98. The molecule has 0 aromatic carbocycles. The number of guanidine groups is 1. The zero-order valence-corrected chi connectivity index (χ0v) is 7.52. The van der Waals surface area contributed by atoms with Crippen molar-refractivity contribution in [3.05, 3.63) is 0 Å². The predicted molar refractivity (Wildman–Crippen MR) is 49.0 cm³/mol. The summed E-state index contributed by atoms with van der Waals surface area (Å²) in [7, 11) is 0. The van der Waals surface area contributed by atoms with Crippen LogP contribution in [0.15, 0.2) is 4.99 Å². The molecule has 0 saturated carbocycles. The van der Waals surface area contributed by atoms with Crippen molar-refractivity contribution in [2.45, 2.75) is 12.8 Å². The van der Waals surface area contributed by atoms with Crippen LogP contribution in [0.5, 0.6) is 0 Å². The van der Waals surface area contributed by atoms with Gasteiger partial charge in [-0.15, -0.1) is 0 Å². The molecule has 0 aliphatic rings. The lowest BCUT2D eigenvalue weighted by atomic mass is 10.3. The second kappa shape index (κ2) is 7.68. The molecule has 0 aliphatic carbocycles. The lowest BCUT2D eigenvalue weighted by Crippen LogP contribution is -2.28. The van der Waals surface area contributed by atoms with Crippen LogP contribution in [0.2, 0.25) is 0 Å². The smallest absolute Gasteiger partial charge is 0.212 e. The molecule has 0 radical (unpaired) electrons. The molecular weight excluding hydrogens is 162 g/mol. The number of hydrogen-bond donors (Lipinski definition) is 3. The predicted octanol–water partition coefficient (Wildman–Crippen LogP) is 0.423. The van der Waals surface area contributed by atoms with Crippen molar-refractivity contribution in [3.8, 4) is 0 Å². The Kier molecular flexibility index (Phi) is 7.39. The third kappa shape index (κ3) is 7.48. The van der Waals surface area contributed by atoms with Crippen molar-refractivity contribution in [1.29, 1.82) is 0 Å². The highest BCUT2D eigenvalue weighted by atomic mass is 32.2. The highest BCUT2D eigenvalue weighted by Crippen LogP contribution is 1.98. The van der Waals surface area contributed by atoms with Crippen LogP contribution in [0.4, 0.5) is 0 Å². The van der Waals surface area contributed by atoms with Crippen LogP contribution in [0.1, 0.15) is 12.8 Å². The number of aliphatic imine (C=N–C) groups is 1. The first-order chi connectivity index (χ1) is 5.31. The molecule has 11 heavy (non-hydrogen) atoms. The van der Waals surface area contributed by atoms with Crippen molar-refractivity contribution in [1.82, 2.24) is 5.48 Å². The van der Waals surface area contributed by atoms with Gasteiger partial charge in [-0.2, -0.15) is 11.8 Å². The number of nitrogens with zero attached hydrogens (tertiary/aromatic N) is 1. The van der Waals surface area contributed by atoms with Crippen molar-refractivity contribution >= 4 is 17.7 Å². The fourth-order valence-electron chi connectivity index (χ4n) is 0.593. The maximum Gasteiger partial charge on any atom is 0.212 e. The maximum absolute atomic E-state index is 8.23. The van der Waals surface area contributed by atoms with Crippen LogP contribution < -0.4 is 11.2 Å². The number of rotatable bonds is 5. The molecule has 0 heterocycles. The summed E-state index contributed by atoms with van der Waals surface area (Å²) < 4.78 is 0. The monoisotopic (exact) mass is 177 g/mol. The van der Waals surface area contributed by atoms with Crippen molar-refractivity contribution in [2.75, 3.05) is 18.6 Å². The Morgan fingerprint density at radius 1 is 1.64 bits per heavy atom. The molecule has 0 amide bonds. The molecule has 0 saturated heterocycles. The summed E-state index contributed by atoms with van der Waals surface area (Å²) in [4.78, 5) is 3.84. The van der Waals surface area contributed by atoms with Gasteiger partial charge >= 0.3 is 0 Å². The standard InChI is InChI=1S/C6H15N3OS/c1-11-5-3-2-4-8-6(7)9-10/h10H,2-5H2,1H3,(H3,7,8,9). The summed E-state index contributed by atoms with van der Waals surface area (Å²) in [6, 6.07) is 0. The molecule has 0 unspecified atom stereocenters. The van der Waals surface area contributed by atoms with E-state index >= 15 is 0 Å². The molecule has 0 bridgehead atoms. The largest absolute Gasteiger partial charge is 0.368 e. The fraction of sp³-hybridized carbons (Fsp3) is 0.833. The van der Waals surface area contributed by atoms with Gasteiger partial charge in [-0.05, 0) is 24.9 Å². The van der Waals surface area contributed by atoms with Crippen molar-refractivity contribution in [2.24, 2.45) is 10.7 Å². The van der Waals surface area contributed by atoms with Gasteiger partial charge < -0.3 is 5.73 Å². The van der Waals surface area contributed by atoms with Crippen LogP contribution >= 0.6 is 11.8 Å². The van der Waals surface area contributed by atoms with Gasteiger partial charge in [-0.25, -0.2) is 5.48 Å². The van der Waals surface area contributed by atoms with Gasteiger partial charge in [-0.3, -0.25) is 10.2 Å². The first-order valence-corrected chi connectivity index (χ1v) is 4.89. The molecule has 66 valence electrons. The lowest BCUT2D eigenvalue weighted by molar-refractivity contribution is 0.232. The van der Waals surface area contributed by atoms with Gasteiger partial charge in [0.25, 0.3) is 0 Å². The maximum atomic E-state index is 8.23. The number of nitrogens with two attached hydrogens (primary N) is 1. The number of hydroxylamine groups is 1. The Morgan fingerprint density at radius 2 is 2.36 bits per heavy atom. The van der Waals surface area contributed by atoms with E-state index in [9.17, 15) is 0 Å². The highest BCUT2D eigenvalue weighted by Gasteiger charge is 1.87. The topological polar surface area (TPSA) is 70.6 Å². The summed E-state index contributed by atoms with van der Waals surface area (Å²) >= 11 is 1.82. The minimum Gasteiger partial charge on any atom is -0.368 e. The van der Waals surface area contributed by atoms with Gasteiger partial charge in [0, 0.05) is 6.54 Å². The molecular formula is C6H15N3OS. The number of unbranched alkanes of at least 4 members (excludes halogenated alkanes) is 1. The van der Waals surface area contributed by atoms with Crippen molar-refractivity contribution < 1.29 is 5.21 Å². The number of thioether (sulfide) groups is 1. The molecule has 0 rings (SSSR count). The van der Waals surface area contributed by atoms with Crippen molar-refractivity contribution in [3.63, 3.8) is 0 Å². The van der Waals surface area contributed by atoms with E-state index in [0.29, 0.717) is 6.54 Å². The van der Waals surface area contributed by atoms with Crippen LogP contribution in [-0.4, -0.2) is 29.7 Å². The number of hydrogen-bond acceptors (Lipinski definition) is 3. The third-order valence-electron chi connectivity index (χ3n) is 1.15. The van der Waals surface area contributed by atoms with Crippen LogP contribution in [-0.2, 0) is 0 Å². The van der Waals surface area contributed by atoms with Gasteiger partial charge in [0.1, 0.15) is 0 Å². The summed E-state index contributed by atoms with van der Waals surface area (Å²) in [5, 5.41) is 8.23. The first kappa shape index (κ1) is 10.6. The lowest BCUT2D eigenvalue weighted by Gasteiger charge is -1.97. The second-order valence-corrected chi connectivity index (χ2v) is 3.06. The summed E-state index contributed by atoms with van der Waals surface area (Å²) in [5.41, 5.74) is 6.95. The van der Waals surface area contributed by atoms with Gasteiger partial charge in [0.05, 0.1) is 0 Å². The molecule has 0 aromatic heterocycles. The minimum atomic E-state index is 0.0918. The van der Waals surface area contributed by atoms with Crippen LogP contribution in [0.25, 0.3) is 0 Å². The summed E-state index contributed by atoms with van der Waals surface area (Å²) in [5.74, 6) is 1.25.